The highest BCUT2D eigenvalue weighted by Gasteiger charge is 2.42. The summed E-state index contributed by atoms with van der Waals surface area (Å²) < 4.78 is 13.7. The molecule has 2 aliphatic carbocycles. The number of nitrogens with zero attached hydrogens (tertiary/aromatic N) is 2. The van der Waals surface area contributed by atoms with Crippen molar-refractivity contribution < 1.29 is 4.39 Å². The minimum Gasteiger partial charge on any atom is -0.298 e. The molecule has 0 spiro atoms. The van der Waals surface area contributed by atoms with Gasteiger partial charge in [0.2, 0.25) is 0 Å². The smallest absolute Gasteiger partial charge is 0.127 e. The van der Waals surface area contributed by atoms with Crippen LogP contribution in [0.5, 0.6) is 0 Å². The van der Waals surface area contributed by atoms with E-state index in [9.17, 15) is 4.39 Å². The Hall–Kier alpha value is -0.930. The van der Waals surface area contributed by atoms with Gasteiger partial charge >= 0.3 is 0 Å². The van der Waals surface area contributed by atoms with E-state index in [2.05, 4.69) is 9.80 Å². The molecule has 3 atom stereocenters. The van der Waals surface area contributed by atoms with Gasteiger partial charge in [-0.15, -0.1) is 0 Å². The largest absolute Gasteiger partial charge is 0.298 e. The lowest BCUT2D eigenvalue weighted by Gasteiger charge is -2.41. The summed E-state index contributed by atoms with van der Waals surface area (Å²) in [7, 11) is 0. The van der Waals surface area contributed by atoms with Crippen LogP contribution in [0.15, 0.2) is 24.3 Å². The molecule has 2 bridgehead atoms. The molecular weight excluding hydrogens is 263 g/mol. The third kappa shape index (κ3) is 2.74. The van der Waals surface area contributed by atoms with Crippen molar-refractivity contribution in [1.82, 2.24) is 9.80 Å². The van der Waals surface area contributed by atoms with E-state index in [-0.39, 0.29) is 5.82 Å². The number of rotatable bonds is 3. The van der Waals surface area contributed by atoms with Gasteiger partial charge in [0.25, 0.3) is 0 Å². The van der Waals surface area contributed by atoms with Crippen LogP contribution in [0.25, 0.3) is 0 Å². The molecule has 0 aromatic heterocycles. The molecule has 0 radical (unpaired) electrons. The molecule has 1 aromatic rings. The van der Waals surface area contributed by atoms with Crippen LogP contribution >= 0.6 is 0 Å². The summed E-state index contributed by atoms with van der Waals surface area (Å²) in [5.41, 5.74) is 0.839. The van der Waals surface area contributed by atoms with Gasteiger partial charge < -0.3 is 0 Å². The Morgan fingerprint density at radius 1 is 1.00 bits per heavy atom. The van der Waals surface area contributed by atoms with Crippen molar-refractivity contribution in [2.24, 2.45) is 11.8 Å². The van der Waals surface area contributed by atoms with E-state index < -0.39 is 0 Å². The van der Waals surface area contributed by atoms with Crippen LogP contribution < -0.4 is 0 Å². The van der Waals surface area contributed by atoms with E-state index in [4.69, 9.17) is 0 Å². The first-order valence-corrected chi connectivity index (χ1v) is 8.49. The van der Waals surface area contributed by atoms with Crippen LogP contribution in [0.4, 0.5) is 4.39 Å². The van der Waals surface area contributed by atoms with Crippen molar-refractivity contribution in [1.29, 1.82) is 0 Å². The Kier molecular flexibility index (Phi) is 3.72. The zero-order chi connectivity index (χ0) is 14.2. The second-order valence-corrected chi connectivity index (χ2v) is 7.15. The molecule has 0 N–H and O–H groups in total. The first kappa shape index (κ1) is 13.7. The SMILES string of the molecule is Fc1ccccc1CN1CCN([C@H]2C[C@H]3CC[C@H]2C3)CC1. The third-order valence-corrected chi connectivity index (χ3v) is 5.93. The Balaban J connectivity index is 1.32. The Morgan fingerprint density at radius 2 is 1.81 bits per heavy atom. The van der Waals surface area contributed by atoms with Crippen LogP contribution in [0, 0.1) is 17.7 Å². The van der Waals surface area contributed by atoms with Crippen LogP contribution in [0.1, 0.15) is 31.2 Å². The first-order valence-electron chi connectivity index (χ1n) is 8.49. The lowest BCUT2D eigenvalue weighted by atomic mass is 9.93. The monoisotopic (exact) mass is 288 g/mol. The molecular formula is C18H25FN2. The summed E-state index contributed by atoms with van der Waals surface area (Å²) in [4.78, 5) is 5.13. The van der Waals surface area contributed by atoms with Crippen molar-refractivity contribution in [2.45, 2.75) is 38.3 Å². The minimum atomic E-state index is -0.0620. The number of benzene rings is 1. The third-order valence-electron chi connectivity index (χ3n) is 5.93. The van der Waals surface area contributed by atoms with E-state index in [1.807, 2.05) is 12.1 Å². The summed E-state index contributed by atoms with van der Waals surface area (Å²) in [6.45, 7) is 5.27. The predicted molar refractivity (Wildman–Crippen MR) is 82.5 cm³/mol. The number of halogens is 1. The molecule has 21 heavy (non-hydrogen) atoms. The van der Waals surface area contributed by atoms with Gasteiger partial charge in [0.1, 0.15) is 5.82 Å². The van der Waals surface area contributed by atoms with Crippen molar-refractivity contribution in [2.75, 3.05) is 26.2 Å². The molecule has 2 saturated carbocycles. The summed E-state index contributed by atoms with van der Waals surface area (Å²) in [6, 6.07) is 8.05. The Morgan fingerprint density at radius 3 is 2.48 bits per heavy atom. The average molecular weight is 288 g/mol. The van der Waals surface area contributed by atoms with E-state index in [1.54, 1.807) is 12.1 Å². The van der Waals surface area contributed by atoms with E-state index in [0.29, 0.717) is 0 Å². The number of hydrogen-bond donors (Lipinski definition) is 0. The highest BCUT2D eigenvalue weighted by Crippen LogP contribution is 2.46. The fourth-order valence-electron chi connectivity index (χ4n) is 4.78. The van der Waals surface area contributed by atoms with Crippen LogP contribution in [0.2, 0.25) is 0 Å². The van der Waals surface area contributed by atoms with Gasteiger partial charge in [0.05, 0.1) is 0 Å². The number of fused-ring (bicyclic) bond motifs is 2. The second-order valence-electron chi connectivity index (χ2n) is 7.15. The number of hydrogen-bond acceptors (Lipinski definition) is 2. The molecule has 1 saturated heterocycles. The maximum atomic E-state index is 13.7. The molecule has 1 aliphatic heterocycles. The fourth-order valence-corrected chi connectivity index (χ4v) is 4.78. The number of piperazine rings is 1. The highest BCUT2D eigenvalue weighted by atomic mass is 19.1. The maximum absolute atomic E-state index is 13.7. The Labute approximate surface area is 126 Å². The van der Waals surface area contributed by atoms with Crippen LogP contribution in [-0.4, -0.2) is 42.0 Å². The lowest BCUT2D eigenvalue weighted by Crippen LogP contribution is -2.51. The van der Waals surface area contributed by atoms with Gasteiger partial charge in [-0.1, -0.05) is 24.6 Å². The van der Waals surface area contributed by atoms with Crippen molar-refractivity contribution >= 4 is 0 Å². The van der Waals surface area contributed by atoms with Gasteiger partial charge in [-0.25, -0.2) is 4.39 Å². The predicted octanol–water partition coefficient (Wildman–Crippen LogP) is 3.13. The summed E-state index contributed by atoms with van der Waals surface area (Å²) in [5.74, 6) is 1.94. The maximum Gasteiger partial charge on any atom is 0.127 e. The molecule has 1 heterocycles. The molecule has 4 rings (SSSR count). The van der Waals surface area contributed by atoms with Crippen molar-refractivity contribution in [3.63, 3.8) is 0 Å². The standard InChI is InChI=1S/C18H25FN2/c19-17-4-2-1-3-16(17)13-20-7-9-21(10-8-20)18-12-14-5-6-15(18)11-14/h1-4,14-15,18H,5-13H2/t14-,15-,18-/m0/s1. The van der Waals surface area contributed by atoms with Crippen molar-refractivity contribution in [3.8, 4) is 0 Å². The summed E-state index contributed by atoms with van der Waals surface area (Å²) >= 11 is 0. The molecule has 0 unspecified atom stereocenters. The zero-order valence-corrected chi connectivity index (χ0v) is 12.7. The molecule has 114 valence electrons. The van der Waals surface area contributed by atoms with Gasteiger partial charge in [0.15, 0.2) is 0 Å². The summed E-state index contributed by atoms with van der Waals surface area (Å²) in [5, 5.41) is 0. The first-order chi connectivity index (χ1) is 10.3. The molecule has 2 nitrogen and oxygen atoms in total. The van der Waals surface area contributed by atoms with E-state index >= 15 is 0 Å². The summed E-state index contributed by atoms with van der Waals surface area (Å²) in [6.07, 6.45) is 5.87. The lowest BCUT2D eigenvalue weighted by molar-refractivity contribution is 0.0675. The van der Waals surface area contributed by atoms with Gasteiger partial charge in [-0.3, -0.25) is 9.80 Å². The zero-order valence-electron chi connectivity index (χ0n) is 12.7. The van der Waals surface area contributed by atoms with Gasteiger partial charge in [-0.2, -0.15) is 0 Å². The van der Waals surface area contributed by atoms with Crippen molar-refractivity contribution in [3.05, 3.63) is 35.6 Å². The molecule has 3 aliphatic rings. The highest BCUT2D eigenvalue weighted by molar-refractivity contribution is 5.17. The molecule has 3 fully saturated rings. The van der Waals surface area contributed by atoms with Gasteiger partial charge in [0, 0.05) is 44.3 Å². The normalized spacial score (nSPS) is 33.7. The second kappa shape index (κ2) is 5.69. The molecule has 1 aromatic carbocycles. The van der Waals surface area contributed by atoms with Crippen LogP contribution in [-0.2, 0) is 6.54 Å². The minimum absolute atomic E-state index is 0.0620. The molecule has 0 amide bonds. The molecule has 3 heteroatoms. The Bertz CT molecular complexity index is 496. The fraction of sp³-hybridized carbons (Fsp3) is 0.667. The van der Waals surface area contributed by atoms with E-state index in [0.717, 1.165) is 43.1 Å². The van der Waals surface area contributed by atoms with Gasteiger partial charge in [-0.05, 0) is 37.2 Å². The van der Waals surface area contributed by atoms with Crippen LogP contribution in [0.3, 0.4) is 0 Å². The van der Waals surface area contributed by atoms with E-state index in [1.165, 1.54) is 38.8 Å². The average Bonchev–Trinajstić information content (AvgIpc) is 3.13. The quantitative estimate of drug-likeness (QED) is 0.843. The topological polar surface area (TPSA) is 6.48 Å².